The normalized spacial score (nSPS) is 10.8. The third kappa shape index (κ3) is 2.89. The second-order valence-electron chi connectivity index (χ2n) is 4.64. The zero-order chi connectivity index (χ0) is 15.7. The van der Waals surface area contributed by atoms with E-state index >= 15 is 0 Å². The number of hydrogen-bond donors (Lipinski definition) is 1. The van der Waals surface area contributed by atoms with E-state index in [1.165, 1.54) is 36.4 Å². The molecule has 22 heavy (non-hydrogen) atoms. The Kier molecular flexibility index (Phi) is 3.73. The van der Waals surface area contributed by atoms with Gasteiger partial charge in [-0.1, -0.05) is 11.6 Å². The van der Waals surface area contributed by atoms with Gasteiger partial charge in [0.15, 0.2) is 0 Å². The zero-order valence-electron chi connectivity index (χ0n) is 11.2. The quantitative estimate of drug-likeness (QED) is 0.744. The van der Waals surface area contributed by atoms with Crippen molar-refractivity contribution in [3.05, 3.63) is 69.3 Å². The van der Waals surface area contributed by atoms with Crippen molar-refractivity contribution in [2.45, 2.75) is 6.61 Å². The van der Waals surface area contributed by atoms with Gasteiger partial charge in [0.1, 0.15) is 29.5 Å². The Morgan fingerprint density at radius 1 is 1.18 bits per heavy atom. The first-order valence-corrected chi connectivity index (χ1v) is 6.74. The summed E-state index contributed by atoms with van der Waals surface area (Å²) in [5.74, 6) is -0.152. The monoisotopic (exact) mass is 320 g/mol. The molecular formula is C16H10ClFO4. The van der Waals surface area contributed by atoms with Gasteiger partial charge in [0, 0.05) is 29.1 Å². The van der Waals surface area contributed by atoms with Crippen LogP contribution >= 0.6 is 11.6 Å². The SMILES string of the molecule is O=c1cc(COc2ccc(F)c(Cl)c2)c2ccc(O)cc2o1. The van der Waals surface area contributed by atoms with Gasteiger partial charge in [-0.15, -0.1) is 0 Å². The Hall–Kier alpha value is -2.53. The molecule has 0 unspecified atom stereocenters. The highest BCUT2D eigenvalue weighted by molar-refractivity contribution is 6.30. The summed E-state index contributed by atoms with van der Waals surface area (Å²) in [6.45, 7) is 0.0782. The second-order valence-corrected chi connectivity index (χ2v) is 5.04. The Balaban J connectivity index is 1.93. The molecular weight excluding hydrogens is 311 g/mol. The van der Waals surface area contributed by atoms with Crippen molar-refractivity contribution in [1.29, 1.82) is 0 Å². The molecule has 0 atom stereocenters. The molecule has 0 bridgehead atoms. The number of ether oxygens (including phenoxy) is 1. The van der Waals surface area contributed by atoms with Crippen LogP contribution in [0.1, 0.15) is 5.56 Å². The molecule has 0 fully saturated rings. The maximum absolute atomic E-state index is 13.1. The lowest BCUT2D eigenvalue weighted by Crippen LogP contribution is -2.04. The van der Waals surface area contributed by atoms with E-state index in [0.29, 0.717) is 16.7 Å². The fourth-order valence-electron chi connectivity index (χ4n) is 2.07. The predicted molar refractivity (Wildman–Crippen MR) is 79.9 cm³/mol. The van der Waals surface area contributed by atoms with Gasteiger partial charge in [0.05, 0.1) is 5.02 Å². The molecule has 1 heterocycles. The van der Waals surface area contributed by atoms with Crippen molar-refractivity contribution in [1.82, 2.24) is 0 Å². The molecule has 0 saturated heterocycles. The lowest BCUT2D eigenvalue weighted by molar-refractivity contribution is 0.306. The third-order valence-electron chi connectivity index (χ3n) is 3.10. The Labute approximate surface area is 129 Å². The summed E-state index contributed by atoms with van der Waals surface area (Å²) in [7, 11) is 0. The number of hydrogen-bond acceptors (Lipinski definition) is 4. The number of phenols is 1. The highest BCUT2D eigenvalue weighted by Gasteiger charge is 2.08. The van der Waals surface area contributed by atoms with Gasteiger partial charge < -0.3 is 14.3 Å². The van der Waals surface area contributed by atoms with Crippen LogP contribution in [0.15, 0.2) is 51.7 Å². The maximum Gasteiger partial charge on any atom is 0.336 e. The minimum Gasteiger partial charge on any atom is -0.508 e. The van der Waals surface area contributed by atoms with Gasteiger partial charge >= 0.3 is 5.63 Å². The van der Waals surface area contributed by atoms with Crippen LogP contribution in [0.4, 0.5) is 4.39 Å². The van der Waals surface area contributed by atoms with E-state index in [2.05, 4.69) is 0 Å². The molecule has 112 valence electrons. The maximum atomic E-state index is 13.1. The number of fused-ring (bicyclic) bond motifs is 1. The number of rotatable bonds is 3. The number of halogens is 2. The molecule has 3 rings (SSSR count). The summed E-state index contributed by atoms with van der Waals surface area (Å²) in [5.41, 5.74) is 0.309. The topological polar surface area (TPSA) is 59.7 Å². The largest absolute Gasteiger partial charge is 0.508 e. The Morgan fingerprint density at radius 3 is 2.77 bits per heavy atom. The summed E-state index contributed by atoms with van der Waals surface area (Å²) in [4.78, 5) is 11.6. The van der Waals surface area contributed by atoms with Crippen molar-refractivity contribution in [3.63, 3.8) is 0 Å². The molecule has 6 heteroatoms. The summed E-state index contributed by atoms with van der Waals surface area (Å²) in [5, 5.41) is 10.0. The predicted octanol–water partition coefficient (Wildman–Crippen LogP) is 3.87. The van der Waals surface area contributed by atoms with Crippen LogP contribution in [-0.2, 0) is 6.61 Å². The van der Waals surface area contributed by atoms with Crippen LogP contribution in [0.2, 0.25) is 5.02 Å². The van der Waals surface area contributed by atoms with Gasteiger partial charge in [-0.2, -0.15) is 0 Å². The minimum absolute atomic E-state index is 0.000894. The number of aromatic hydroxyl groups is 1. The second kappa shape index (κ2) is 5.69. The molecule has 0 saturated carbocycles. The van der Waals surface area contributed by atoms with Crippen molar-refractivity contribution in [2.24, 2.45) is 0 Å². The van der Waals surface area contributed by atoms with E-state index in [-0.39, 0.29) is 23.0 Å². The molecule has 0 spiro atoms. The van der Waals surface area contributed by atoms with Crippen LogP contribution in [0.25, 0.3) is 11.0 Å². The molecule has 0 aliphatic heterocycles. The van der Waals surface area contributed by atoms with E-state index in [1.54, 1.807) is 6.07 Å². The van der Waals surface area contributed by atoms with Crippen LogP contribution in [0, 0.1) is 5.82 Å². The van der Waals surface area contributed by atoms with Crippen LogP contribution in [-0.4, -0.2) is 5.11 Å². The summed E-state index contributed by atoms with van der Waals surface area (Å²) < 4.78 is 23.7. The first-order chi connectivity index (χ1) is 10.5. The average Bonchev–Trinajstić information content (AvgIpc) is 2.47. The molecule has 1 N–H and O–H groups in total. The van der Waals surface area contributed by atoms with Crippen molar-refractivity contribution < 1.29 is 18.7 Å². The van der Waals surface area contributed by atoms with Gasteiger partial charge in [0.25, 0.3) is 0 Å². The van der Waals surface area contributed by atoms with E-state index in [4.69, 9.17) is 20.8 Å². The highest BCUT2D eigenvalue weighted by atomic mass is 35.5. The number of phenolic OH excluding ortho intramolecular Hbond substituents is 1. The first-order valence-electron chi connectivity index (χ1n) is 6.36. The third-order valence-corrected chi connectivity index (χ3v) is 3.39. The van der Waals surface area contributed by atoms with Gasteiger partial charge in [0.2, 0.25) is 0 Å². The van der Waals surface area contributed by atoms with E-state index < -0.39 is 11.4 Å². The van der Waals surface area contributed by atoms with Crippen LogP contribution in [0.5, 0.6) is 11.5 Å². The summed E-state index contributed by atoms with van der Waals surface area (Å²) in [6.07, 6.45) is 0. The van der Waals surface area contributed by atoms with E-state index in [9.17, 15) is 14.3 Å². The molecule has 1 aromatic heterocycles. The molecule has 2 aromatic carbocycles. The smallest absolute Gasteiger partial charge is 0.336 e. The molecule has 0 aliphatic rings. The Morgan fingerprint density at radius 2 is 2.00 bits per heavy atom. The van der Waals surface area contributed by atoms with Gasteiger partial charge in [-0.3, -0.25) is 0 Å². The van der Waals surface area contributed by atoms with Gasteiger partial charge in [-0.05, 0) is 24.3 Å². The van der Waals surface area contributed by atoms with Crippen molar-refractivity contribution in [2.75, 3.05) is 0 Å². The standard InChI is InChI=1S/C16H10ClFO4/c17-13-7-11(2-4-14(13)18)21-8-9-5-16(20)22-15-6-10(19)1-3-12(9)15/h1-7,19H,8H2. The fraction of sp³-hybridized carbons (Fsp3) is 0.0625. The highest BCUT2D eigenvalue weighted by Crippen LogP contribution is 2.25. The lowest BCUT2D eigenvalue weighted by atomic mass is 10.1. The molecule has 0 aliphatic carbocycles. The Bertz CT molecular complexity index is 904. The van der Waals surface area contributed by atoms with Crippen LogP contribution < -0.4 is 10.4 Å². The lowest BCUT2D eigenvalue weighted by Gasteiger charge is -2.09. The van der Waals surface area contributed by atoms with Gasteiger partial charge in [-0.25, -0.2) is 9.18 Å². The summed E-state index contributed by atoms with van der Waals surface area (Å²) >= 11 is 5.69. The molecule has 0 radical (unpaired) electrons. The van der Waals surface area contributed by atoms with Crippen molar-refractivity contribution >= 4 is 22.6 Å². The minimum atomic E-state index is -0.547. The molecule has 3 aromatic rings. The summed E-state index contributed by atoms with van der Waals surface area (Å²) in [6, 6.07) is 9.79. The number of benzene rings is 2. The molecule has 4 nitrogen and oxygen atoms in total. The fourth-order valence-corrected chi connectivity index (χ4v) is 2.24. The first kappa shape index (κ1) is 14.4. The van der Waals surface area contributed by atoms with Crippen LogP contribution in [0.3, 0.4) is 0 Å². The average molecular weight is 321 g/mol. The zero-order valence-corrected chi connectivity index (χ0v) is 11.9. The van der Waals surface area contributed by atoms with E-state index in [1.807, 2.05) is 0 Å². The molecule has 0 amide bonds. The van der Waals surface area contributed by atoms with E-state index in [0.717, 1.165) is 0 Å². The van der Waals surface area contributed by atoms with Crippen molar-refractivity contribution in [3.8, 4) is 11.5 Å².